The van der Waals surface area contributed by atoms with Gasteiger partial charge in [-0.2, -0.15) is 0 Å². The second-order valence-electron chi connectivity index (χ2n) is 4.55. The fourth-order valence-electron chi connectivity index (χ4n) is 1.90. The van der Waals surface area contributed by atoms with Gasteiger partial charge < -0.3 is 0 Å². The summed E-state index contributed by atoms with van der Waals surface area (Å²) in [5.41, 5.74) is 1.53. The standard InChI is InChI=1S/C13H24N/c1-4-6-8-13-9-11-14(3,12-13)10-7-5-2/h9,11-12H,4-8,10H2,1-3H3/q+1. The van der Waals surface area contributed by atoms with E-state index in [0.29, 0.717) is 0 Å². The first-order valence-corrected chi connectivity index (χ1v) is 5.96. The topological polar surface area (TPSA) is 0 Å². The van der Waals surface area contributed by atoms with Crippen LogP contribution in [-0.2, 0) is 0 Å². The van der Waals surface area contributed by atoms with Crippen LogP contribution in [0.1, 0.15) is 46.0 Å². The second kappa shape index (κ2) is 5.35. The third-order valence-electron chi connectivity index (χ3n) is 2.90. The Morgan fingerprint density at radius 3 is 2.50 bits per heavy atom. The second-order valence-corrected chi connectivity index (χ2v) is 4.55. The van der Waals surface area contributed by atoms with Gasteiger partial charge in [0.1, 0.15) is 12.4 Å². The molecule has 80 valence electrons. The average molecular weight is 194 g/mol. The molecule has 0 aliphatic carbocycles. The van der Waals surface area contributed by atoms with E-state index in [-0.39, 0.29) is 0 Å². The van der Waals surface area contributed by atoms with E-state index in [2.05, 4.69) is 39.4 Å². The van der Waals surface area contributed by atoms with Gasteiger partial charge in [-0.3, -0.25) is 4.48 Å². The van der Waals surface area contributed by atoms with Crippen LogP contribution in [0.15, 0.2) is 24.0 Å². The summed E-state index contributed by atoms with van der Waals surface area (Å²) < 4.78 is 1.02. The average Bonchev–Trinajstić information content (AvgIpc) is 2.55. The van der Waals surface area contributed by atoms with Crippen LogP contribution < -0.4 is 0 Å². The van der Waals surface area contributed by atoms with Crippen molar-refractivity contribution in [2.75, 3.05) is 13.6 Å². The number of hydrogen-bond donors (Lipinski definition) is 0. The summed E-state index contributed by atoms with van der Waals surface area (Å²) in [5, 5.41) is 0. The zero-order chi connectivity index (χ0) is 10.4. The summed E-state index contributed by atoms with van der Waals surface area (Å²) in [6, 6.07) is 0. The molecule has 0 saturated carbocycles. The van der Waals surface area contributed by atoms with Crippen LogP contribution in [0.25, 0.3) is 0 Å². The van der Waals surface area contributed by atoms with E-state index in [1.54, 1.807) is 0 Å². The molecule has 0 spiro atoms. The summed E-state index contributed by atoms with van der Waals surface area (Å²) in [5.74, 6) is 0. The summed E-state index contributed by atoms with van der Waals surface area (Å²) >= 11 is 0. The van der Waals surface area contributed by atoms with Crippen LogP contribution in [0.3, 0.4) is 0 Å². The smallest absolute Gasteiger partial charge is 0.104 e. The number of rotatable bonds is 6. The first-order chi connectivity index (χ1) is 6.70. The number of nitrogens with zero attached hydrogens (tertiary/aromatic N) is 1. The van der Waals surface area contributed by atoms with Crippen molar-refractivity contribution in [3.63, 3.8) is 0 Å². The highest BCUT2D eigenvalue weighted by atomic mass is 15.3. The summed E-state index contributed by atoms with van der Waals surface area (Å²) in [6.07, 6.45) is 13.6. The normalized spacial score (nSPS) is 25.5. The first-order valence-electron chi connectivity index (χ1n) is 5.96. The molecule has 0 saturated heterocycles. The van der Waals surface area contributed by atoms with E-state index in [0.717, 1.165) is 4.48 Å². The Balaban J connectivity index is 2.43. The van der Waals surface area contributed by atoms with Gasteiger partial charge >= 0.3 is 0 Å². The van der Waals surface area contributed by atoms with Gasteiger partial charge in [0.25, 0.3) is 0 Å². The van der Waals surface area contributed by atoms with Gasteiger partial charge in [-0.1, -0.05) is 26.7 Å². The predicted octanol–water partition coefficient (Wildman–Crippen LogP) is 3.83. The molecule has 1 atom stereocenters. The Morgan fingerprint density at radius 2 is 1.86 bits per heavy atom. The minimum atomic E-state index is 1.02. The molecule has 0 N–H and O–H groups in total. The molecule has 1 nitrogen and oxygen atoms in total. The molecule has 0 aromatic rings. The van der Waals surface area contributed by atoms with Crippen LogP contribution in [0.4, 0.5) is 0 Å². The quantitative estimate of drug-likeness (QED) is 0.564. The van der Waals surface area contributed by atoms with Gasteiger partial charge in [0, 0.05) is 11.6 Å². The number of unbranched alkanes of at least 4 members (excludes halogenated alkanes) is 2. The molecule has 1 heterocycles. The Bertz CT molecular complexity index is 227. The molecule has 1 aliphatic heterocycles. The van der Waals surface area contributed by atoms with E-state index in [4.69, 9.17) is 0 Å². The van der Waals surface area contributed by atoms with Gasteiger partial charge in [-0.25, -0.2) is 0 Å². The fraction of sp³-hybridized carbons (Fsp3) is 0.692. The maximum atomic E-state index is 2.42. The molecular formula is C13H24N+. The van der Waals surface area contributed by atoms with Gasteiger partial charge in [0.15, 0.2) is 0 Å². The van der Waals surface area contributed by atoms with Crippen molar-refractivity contribution in [1.29, 1.82) is 0 Å². The lowest BCUT2D eigenvalue weighted by Crippen LogP contribution is -2.31. The molecule has 1 aliphatic rings. The van der Waals surface area contributed by atoms with Gasteiger partial charge in [-0.05, 0) is 19.3 Å². The van der Waals surface area contributed by atoms with Gasteiger partial charge in [0.05, 0.1) is 13.6 Å². The number of hydrogen-bond acceptors (Lipinski definition) is 0. The van der Waals surface area contributed by atoms with Gasteiger partial charge in [0.2, 0.25) is 0 Å². The summed E-state index contributed by atoms with van der Waals surface area (Å²) in [7, 11) is 2.30. The SMILES string of the molecule is CCCCC1=C[N+](C)(CCCC)C=C1. The highest BCUT2D eigenvalue weighted by molar-refractivity contribution is 5.19. The Hall–Kier alpha value is -0.560. The van der Waals surface area contributed by atoms with Crippen molar-refractivity contribution in [1.82, 2.24) is 0 Å². The molecular weight excluding hydrogens is 170 g/mol. The molecule has 0 fully saturated rings. The van der Waals surface area contributed by atoms with E-state index >= 15 is 0 Å². The highest BCUT2D eigenvalue weighted by Gasteiger charge is 2.20. The molecule has 0 aromatic carbocycles. The van der Waals surface area contributed by atoms with Crippen LogP contribution in [-0.4, -0.2) is 18.1 Å². The van der Waals surface area contributed by atoms with Crippen molar-refractivity contribution >= 4 is 0 Å². The van der Waals surface area contributed by atoms with E-state index in [1.807, 2.05) is 0 Å². The molecule has 1 rings (SSSR count). The maximum absolute atomic E-state index is 2.42. The van der Waals surface area contributed by atoms with Crippen molar-refractivity contribution < 1.29 is 4.48 Å². The lowest BCUT2D eigenvalue weighted by molar-refractivity contribution is -0.804. The van der Waals surface area contributed by atoms with Crippen molar-refractivity contribution in [3.05, 3.63) is 24.0 Å². The summed E-state index contributed by atoms with van der Waals surface area (Å²) in [4.78, 5) is 0. The first kappa shape index (κ1) is 11.5. The molecule has 0 aromatic heterocycles. The predicted molar refractivity (Wildman–Crippen MR) is 62.7 cm³/mol. The molecule has 14 heavy (non-hydrogen) atoms. The Kier molecular flexibility index (Phi) is 4.40. The minimum Gasteiger partial charge on any atom is -0.273 e. The Morgan fingerprint density at radius 1 is 1.14 bits per heavy atom. The van der Waals surface area contributed by atoms with Crippen molar-refractivity contribution in [2.24, 2.45) is 0 Å². The van der Waals surface area contributed by atoms with E-state index in [1.165, 1.54) is 44.2 Å². The fourth-order valence-corrected chi connectivity index (χ4v) is 1.90. The lowest BCUT2D eigenvalue weighted by atomic mass is 10.1. The van der Waals surface area contributed by atoms with E-state index < -0.39 is 0 Å². The number of allylic oxidation sites excluding steroid dienone is 2. The number of quaternary nitrogens is 1. The van der Waals surface area contributed by atoms with Crippen LogP contribution in [0.2, 0.25) is 0 Å². The molecule has 0 bridgehead atoms. The lowest BCUT2D eigenvalue weighted by Gasteiger charge is -2.22. The molecule has 1 unspecified atom stereocenters. The van der Waals surface area contributed by atoms with Crippen molar-refractivity contribution in [3.8, 4) is 0 Å². The zero-order valence-electron chi connectivity index (χ0n) is 9.92. The molecule has 0 amide bonds. The zero-order valence-corrected chi connectivity index (χ0v) is 9.92. The highest BCUT2D eigenvalue weighted by Crippen LogP contribution is 2.22. The maximum Gasteiger partial charge on any atom is 0.104 e. The third kappa shape index (κ3) is 3.30. The third-order valence-corrected chi connectivity index (χ3v) is 2.90. The minimum absolute atomic E-state index is 1.02. The largest absolute Gasteiger partial charge is 0.273 e. The molecule has 1 heteroatoms. The van der Waals surface area contributed by atoms with Crippen molar-refractivity contribution in [2.45, 2.75) is 46.0 Å². The van der Waals surface area contributed by atoms with E-state index in [9.17, 15) is 0 Å². The van der Waals surface area contributed by atoms with Crippen LogP contribution in [0.5, 0.6) is 0 Å². The summed E-state index contributed by atoms with van der Waals surface area (Å²) in [6.45, 7) is 5.76. The monoisotopic (exact) mass is 194 g/mol. The van der Waals surface area contributed by atoms with Crippen LogP contribution in [0, 0.1) is 0 Å². The van der Waals surface area contributed by atoms with Gasteiger partial charge in [-0.15, -0.1) is 0 Å². The van der Waals surface area contributed by atoms with Crippen LogP contribution >= 0.6 is 0 Å². The molecule has 0 radical (unpaired) electrons. The Labute approximate surface area is 88.7 Å².